The van der Waals surface area contributed by atoms with Crippen LogP contribution in [-0.4, -0.2) is 33.2 Å². The van der Waals surface area contributed by atoms with Crippen molar-refractivity contribution in [1.29, 1.82) is 0 Å². The summed E-state index contributed by atoms with van der Waals surface area (Å²) in [5.41, 5.74) is 2.30. The van der Waals surface area contributed by atoms with Gasteiger partial charge in [0.1, 0.15) is 6.10 Å². The Morgan fingerprint density at radius 1 is 1.16 bits per heavy atom. The Morgan fingerprint density at radius 2 is 1.90 bits per heavy atom. The molecule has 2 atom stereocenters. The third kappa shape index (κ3) is 4.69. The first kappa shape index (κ1) is 21.2. The molecule has 162 valence electrons. The zero-order valence-corrected chi connectivity index (χ0v) is 18.5. The molecule has 1 aromatic carbocycles. The first-order chi connectivity index (χ1) is 15.0. The highest BCUT2D eigenvalue weighted by Gasteiger charge is 2.38. The average molecular weight is 419 g/mol. The van der Waals surface area contributed by atoms with Crippen LogP contribution in [0.3, 0.4) is 0 Å². The number of pyridine rings is 1. The summed E-state index contributed by atoms with van der Waals surface area (Å²) in [7, 11) is 1.79. The van der Waals surface area contributed by atoms with Crippen molar-refractivity contribution >= 4 is 5.95 Å². The maximum absolute atomic E-state index is 12.8. The number of hydrogen-bond donors (Lipinski definition) is 0. The monoisotopic (exact) mass is 418 g/mol. The number of unbranched alkanes of at least 4 members (excludes halogenated alkanes) is 1. The van der Waals surface area contributed by atoms with Crippen LogP contribution < -0.4 is 10.5 Å². The molecule has 31 heavy (non-hydrogen) atoms. The van der Waals surface area contributed by atoms with Crippen LogP contribution in [0.4, 0.5) is 5.95 Å². The Labute approximate surface area is 183 Å². The van der Waals surface area contributed by atoms with Gasteiger partial charge in [-0.3, -0.25) is 14.3 Å². The third-order valence-electron chi connectivity index (χ3n) is 5.94. The van der Waals surface area contributed by atoms with Crippen LogP contribution in [0.25, 0.3) is 11.3 Å². The van der Waals surface area contributed by atoms with Crippen LogP contribution in [0.5, 0.6) is 0 Å². The van der Waals surface area contributed by atoms with Crippen LogP contribution in [0.15, 0.2) is 65.7 Å². The third-order valence-corrected chi connectivity index (χ3v) is 5.94. The van der Waals surface area contributed by atoms with E-state index in [-0.39, 0.29) is 17.3 Å². The van der Waals surface area contributed by atoms with Gasteiger partial charge in [-0.15, -0.1) is 0 Å². The van der Waals surface area contributed by atoms with Crippen molar-refractivity contribution in [3.8, 4) is 11.3 Å². The minimum absolute atomic E-state index is 0.0742. The molecule has 1 aliphatic rings. The zero-order valence-electron chi connectivity index (χ0n) is 18.5. The maximum Gasteiger partial charge on any atom is 0.255 e. The number of anilines is 1. The van der Waals surface area contributed by atoms with E-state index < -0.39 is 0 Å². The van der Waals surface area contributed by atoms with Crippen molar-refractivity contribution in [3.63, 3.8) is 0 Å². The molecular formula is C25H30N4O2. The van der Waals surface area contributed by atoms with E-state index >= 15 is 0 Å². The number of benzene rings is 1. The number of ether oxygens (including phenoxy) is 1. The molecule has 0 spiro atoms. The number of nitrogens with zero attached hydrogens (tertiary/aromatic N) is 4. The van der Waals surface area contributed by atoms with E-state index in [9.17, 15) is 4.79 Å². The molecule has 3 heterocycles. The molecule has 0 aliphatic carbocycles. The second-order valence-corrected chi connectivity index (χ2v) is 8.53. The highest BCUT2D eigenvalue weighted by atomic mass is 16.5. The van der Waals surface area contributed by atoms with Gasteiger partial charge < -0.3 is 9.64 Å². The lowest BCUT2D eigenvalue weighted by molar-refractivity contribution is -0.103. The molecule has 1 fully saturated rings. The molecule has 1 aliphatic heterocycles. The van der Waals surface area contributed by atoms with Gasteiger partial charge in [0.05, 0.1) is 17.8 Å². The maximum atomic E-state index is 12.8. The topological polar surface area (TPSA) is 60.2 Å². The first-order valence-electron chi connectivity index (χ1n) is 11.0. The van der Waals surface area contributed by atoms with E-state index in [1.807, 2.05) is 30.3 Å². The van der Waals surface area contributed by atoms with Gasteiger partial charge in [-0.2, -0.15) is 0 Å². The van der Waals surface area contributed by atoms with Gasteiger partial charge in [-0.05, 0) is 31.0 Å². The second-order valence-electron chi connectivity index (χ2n) is 8.53. The van der Waals surface area contributed by atoms with Gasteiger partial charge in [0.25, 0.3) is 5.56 Å². The summed E-state index contributed by atoms with van der Waals surface area (Å²) in [4.78, 5) is 24.0. The highest BCUT2D eigenvalue weighted by Crippen LogP contribution is 2.36. The molecule has 1 saturated heterocycles. The minimum Gasteiger partial charge on any atom is -0.364 e. The summed E-state index contributed by atoms with van der Waals surface area (Å²) in [5.74, 6) is 0.672. The lowest BCUT2D eigenvalue weighted by atomic mass is 9.94. The molecule has 0 N–H and O–H groups in total. The molecule has 2 aromatic heterocycles. The summed E-state index contributed by atoms with van der Waals surface area (Å²) in [6.45, 7) is 5.71. The van der Waals surface area contributed by atoms with Crippen LogP contribution in [0, 0.1) is 0 Å². The van der Waals surface area contributed by atoms with Crippen molar-refractivity contribution in [3.05, 3.63) is 76.8 Å². The number of aromatic nitrogens is 3. The van der Waals surface area contributed by atoms with Gasteiger partial charge in [-0.25, -0.2) is 4.98 Å². The fourth-order valence-electron chi connectivity index (χ4n) is 4.25. The van der Waals surface area contributed by atoms with E-state index in [0.29, 0.717) is 24.7 Å². The molecule has 3 aromatic rings. The van der Waals surface area contributed by atoms with Gasteiger partial charge in [0.15, 0.2) is 0 Å². The lowest BCUT2D eigenvalue weighted by Gasteiger charge is -2.45. The summed E-state index contributed by atoms with van der Waals surface area (Å²) < 4.78 is 8.27. The largest absolute Gasteiger partial charge is 0.364 e. The van der Waals surface area contributed by atoms with Crippen molar-refractivity contribution in [1.82, 2.24) is 14.5 Å². The van der Waals surface area contributed by atoms with E-state index in [4.69, 9.17) is 9.72 Å². The van der Waals surface area contributed by atoms with Gasteiger partial charge in [0, 0.05) is 37.6 Å². The van der Waals surface area contributed by atoms with Crippen molar-refractivity contribution in [2.45, 2.75) is 44.8 Å². The van der Waals surface area contributed by atoms with Crippen molar-refractivity contribution in [2.24, 2.45) is 7.05 Å². The van der Waals surface area contributed by atoms with E-state index in [2.05, 4.69) is 35.9 Å². The molecule has 0 radical (unpaired) electrons. The van der Waals surface area contributed by atoms with Crippen molar-refractivity contribution in [2.75, 3.05) is 18.0 Å². The van der Waals surface area contributed by atoms with Gasteiger partial charge in [-0.1, -0.05) is 50.1 Å². The van der Waals surface area contributed by atoms with E-state index in [1.54, 1.807) is 30.1 Å². The van der Waals surface area contributed by atoms with Crippen LogP contribution in [0.2, 0.25) is 0 Å². The molecule has 0 bridgehead atoms. The predicted octanol–water partition coefficient (Wildman–Crippen LogP) is 4.37. The number of hydrogen-bond acceptors (Lipinski definition) is 5. The summed E-state index contributed by atoms with van der Waals surface area (Å²) in [6, 6.07) is 15.7. The SMILES string of the molecule is CCCCC1(C)CN(c2nc(-c3ccncc3)cc(=O)n2C)CC(c2ccccc2)O1. The fourth-order valence-corrected chi connectivity index (χ4v) is 4.25. The number of morpholine rings is 1. The molecule has 0 saturated carbocycles. The fraction of sp³-hybridized carbons (Fsp3) is 0.400. The molecular weight excluding hydrogens is 388 g/mol. The highest BCUT2D eigenvalue weighted by molar-refractivity contribution is 5.59. The van der Waals surface area contributed by atoms with Gasteiger partial charge >= 0.3 is 0 Å². The standard InChI is InChI=1S/C25H30N4O2/c1-4-5-13-25(2)18-29(17-22(31-25)20-9-7-6-8-10-20)24-27-21(16-23(30)28(24)3)19-11-14-26-15-12-19/h6-12,14-16,22H,4-5,13,17-18H2,1-3H3. The average Bonchev–Trinajstić information content (AvgIpc) is 2.80. The molecule has 4 rings (SSSR count). The summed E-state index contributed by atoms with van der Waals surface area (Å²) in [5, 5.41) is 0. The summed E-state index contributed by atoms with van der Waals surface area (Å²) in [6.07, 6.45) is 6.52. The molecule has 6 nitrogen and oxygen atoms in total. The predicted molar refractivity (Wildman–Crippen MR) is 123 cm³/mol. The Hall–Kier alpha value is -2.99. The smallest absolute Gasteiger partial charge is 0.255 e. The summed E-state index contributed by atoms with van der Waals surface area (Å²) >= 11 is 0. The van der Waals surface area contributed by atoms with Crippen LogP contribution in [-0.2, 0) is 11.8 Å². The minimum atomic E-state index is -0.320. The Kier molecular flexibility index (Phi) is 6.18. The van der Waals surface area contributed by atoms with Crippen LogP contribution in [0.1, 0.15) is 44.8 Å². The lowest BCUT2D eigenvalue weighted by Crippen LogP contribution is -2.52. The van der Waals surface area contributed by atoms with Crippen molar-refractivity contribution < 1.29 is 4.74 Å². The van der Waals surface area contributed by atoms with E-state index in [1.165, 1.54) is 0 Å². The van der Waals surface area contributed by atoms with E-state index in [0.717, 1.165) is 30.4 Å². The zero-order chi connectivity index (χ0) is 21.8. The molecule has 6 heteroatoms. The Morgan fingerprint density at radius 3 is 2.61 bits per heavy atom. The molecule has 0 amide bonds. The normalized spacial score (nSPS) is 21.3. The van der Waals surface area contributed by atoms with Crippen LogP contribution >= 0.6 is 0 Å². The molecule has 2 unspecified atom stereocenters. The second kappa shape index (κ2) is 9.02. The van der Waals surface area contributed by atoms with Gasteiger partial charge in [0.2, 0.25) is 5.95 Å². The number of rotatable bonds is 6. The Balaban J connectivity index is 1.74. The Bertz CT molecular complexity index is 1070. The first-order valence-corrected chi connectivity index (χ1v) is 11.0. The quantitative estimate of drug-likeness (QED) is 0.595.